The number of nitrogens with one attached hydrogen (secondary N) is 1. The second-order valence-corrected chi connectivity index (χ2v) is 3.97. The molecule has 0 radical (unpaired) electrons. The van der Waals surface area contributed by atoms with Crippen LogP contribution >= 0.6 is 0 Å². The number of carbonyl (C=O) groups is 1. The highest BCUT2D eigenvalue weighted by atomic mass is 16.5. The molecule has 0 saturated carbocycles. The zero-order valence-electron chi connectivity index (χ0n) is 11.1. The lowest BCUT2D eigenvalue weighted by molar-refractivity contribution is -0.116. The van der Waals surface area contributed by atoms with Gasteiger partial charge in [0.15, 0.2) is 0 Å². The van der Waals surface area contributed by atoms with Crippen LogP contribution in [0.2, 0.25) is 0 Å². The van der Waals surface area contributed by atoms with Crippen molar-refractivity contribution in [2.45, 2.75) is 12.8 Å². The Bertz CT molecular complexity index is 433. The van der Waals surface area contributed by atoms with Crippen LogP contribution in [-0.4, -0.2) is 26.2 Å². The van der Waals surface area contributed by atoms with E-state index >= 15 is 0 Å². The van der Waals surface area contributed by atoms with Crippen LogP contribution in [0.15, 0.2) is 30.9 Å². The lowest BCUT2D eigenvalue weighted by atomic mass is 10.2. The molecule has 5 nitrogen and oxygen atoms in total. The number of carbonyl (C=O) groups excluding carboxylic acids is 1. The molecule has 3 N–H and O–H groups in total. The molecule has 1 rings (SSSR count). The smallest absolute Gasteiger partial charge is 0.224 e. The summed E-state index contributed by atoms with van der Waals surface area (Å²) in [6.45, 7) is 4.60. The molecule has 104 valence electrons. The summed E-state index contributed by atoms with van der Waals surface area (Å²) in [6.07, 6.45) is 2.76. The Labute approximate surface area is 113 Å². The van der Waals surface area contributed by atoms with Gasteiger partial charge in [-0.2, -0.15) is 0 Å². The minimum absolute atomic E-state index is 0.0632. The lowest BCUT2D eigenvalue weighted by Crippen LogP contribution is -2.12. The monoisotopic (exact) mass is 264 g/mol. The molecule has 0 aromatic heterocycles. The first-order valence-electron chi connectivity index (χ1n) is 6.09. The molecule has 0 aliphatic rings. The maximum Gasteiger partial charge on any atom is 0.224 e. The molecular weight excluding hydrogens is 244 g/mol. The van der Waals surface area contributed by atoms with Gasteiger partial charge in [-0.25, -0.2) is 0 Å². The molecule has 0 bridgehead atoms. The fourth-order valence-corrected chi connectivity index (χ4v) is 1.54. The number of nitrogens with two attached hydrogens (primary N) is 1. The molecule has 0 aliphatic heterocycles. The van der Waals surface area contributed by atoms with Crippen LogP contribution in [0.5, 0.6) is 5.75 Å². The molecule has 1 amide bonds. The van der Waals surface area contributed by atoms with Gasteiger partial charge in [0.1, 0.15) is 5.75 Å². The maximum absolute atomic E-state index is 11.7. The van der Waals surface area contributed by atoms with Crippen LogP contribution in [0.4, 0.5) is 11.4 Å². The van der Waals surface area contributed by atoms with Gasteiger partial charge in [0.25, 0.3) is 0 Å². The summed E-state index contributed by atoms with van der Waals surface area (Å²) in [6, 6.07) is 5.14. The Morgan fingerprint density at radius 3 is 2.95 bits per heavy atom. The summed E-state index contributed by atoms with van der Waals surface area (Å²) in [5, 5.41) is 2.77. The Kier molecular flexibility index (Phi) is 6.46. The standard InChI is InChI=1S/C14H20N2O3/c1-3-8-19-9-4-5-14(17)16-11-6-7-13(18-2)12(15)10-11/h3,6-7,10H,1,4-5,8-9,15H2,2H3,(H,16,17). The van der Waals surface area contributed by atoms with Crippen LogP contribution in [0.25, 0.3) is 0 Å². The van der Waals surface area contributed by atoms with Crippen molar-refractivity contribution in [1.82, 2.24) is 0 Å². The molecule has 19 heavy (non-hydrogen) atoms. The van der Waals surface area contributed by atoms with E-state index in [4.69, 9.17) is 15.2 Å². The predicted octanol–water partition coefficient (Wildman–Crippen LogP) is 2.20. The molecule has 0 heterocycles. The quantitative estimate of drug-likeness (QED) is 0.429. The highest BCUT2D eigenvalue weighted by Crippen LogP contribution is 2.24. The van der Waals surface area contributed by atoms with Gasteiger partial charge >= 0.3 is 0 Å². The van der Waals surface area contributed by atoms with Crippen LogP contribution in [0.1, 0.15) is 12.8 Å². The van der Waals surface area contributed by atoms with E-state index in [9.17, 15) is 4.79 Å². The number of amides is 1. The van der Waals surface area contributed by atoms with Gasteiger partial charge in [0.2, 0.25) is 5.91 Å². The third kappa shape index (κ3) is 5.44. The van der Waals surface area contributed by atoms with E-state index in [2.05, 4.69) is 11.9 Å². The van der Waals surface area contributed by atoms with Crippen molar-refractivity contribution >= 4 is 17.3 Å². The number of nitrogen functional groups attached to an aromatic ring is 1. The molecule has 0 unspecified atom stereocenters. The van der Waals surface area contributed by atoms with Crippen molar-refractivity contribution in [1.29, 1.82) is 0 Å². The van der Waals surface area contributed by atoms with E-state index in [1.165, 1.54) is 0 Å². The molecule has 0 fully saturated rings. The Morgan fingerprint density at radius 1 is 1.53 bits per heavy atom. The number of methoxy groups -OCH3 is 1. The highest BCUT2D eigenvalue weighted by molar-refractivity contribution is 5.91. The van der Waals surface area contributed by atoms with E-state index in [1.807, 2.05) is 0 Å². The predicted molar refractivity (Wildman–Crippen MR) is 76.3 cm³/mol. The molecule has 0 saturated heterocycles. The van der Waals surface area contributed by atoms with Gasteiger partial charge in [-0.15, -0.1) is 6.58 Å². The average molecular weight is 264 g/mol. The summed E-state index contributed by atoms with van der Waals surface area (Å²) < 4.78 is 10.2. The van der Waals surface area contributed by atoms with Crippen molar-refractivity contribution in [3.63, 3.8) is 0 Å². The molecular formula is C14H20N2O3. The number of anilines is 2. The molecule has 1 aromatic carbocycles. The largest absolute Gasteiger partial charge is 0.495 e. The number of ether oxygens (including phenoxy) is 2. The molecule has 1 aromatic rings. The average Bonchev–Trinajstić information content (AvgIpc) is 2.39. The zero-order valence-corrected chi connectivity index (χ0v) is 11.1. The Hall–Kier alpha value is -2.01. The molecule has 0 spiro atoms. The van der Waals surface area contributed by atoms with Gasteiger partial charge in [-0.05, 0) is 24.6 Å². The molecule has 5 heteroatoms. The van der Waals surface area contributed by atoms with Crippen LogP contribution in [-0.2, 0) is 9.53 Å². The third-order valence-corrected chi connectivity index (χ3v) is 2.44. The van der Waals surface area contributed by atoms with Crippen molar-refractivity contribution < 1.29 is 14.3 Å². The minimum Gasteiger partial charge on any atom is -0.495 e. The number of hydrogen-bond acceptors (Lipinski definition) is 4. The van der Waals surface area contributed by atoms with E-state index in [-0.39, 0.29) is 5.91 Å². The first-order valence-corrected chi connectivity index (χ1v) is 6.09. The summed E-state index contributed by atoms with van der Waals surface area (Å²) in [4.78, 5) is 11.7. The molecule has 0 atom stereocenters. The van der Waals surface area contributed by atoms with Crippen LogP contribution in [0, 0.1) is 0 Å². The fraction of sp³-hybridized carbons (Fsp3) is 0.357. The van der Waals surface area contributed by atoms with Gasteiger partial charge < -0.3 is 20.5 Å². The lowest BCUT2D eigenvalue weighted by Gasteiger charge is -2.08. The topological polar surface area (TPSA) is 73.6 Å². The van der Waals surface area contributed by atoms with Gasteiger partial charge in [0, 0.05) is 18.7 Å². The van der Waals surface area contributed by atoms with Crippen molar-refractivity contribution in [2.75, 3.05) is 31.4 Å². The number of hydrogen-bond donors (Lipinski definition) is 2. The van der Waals surface area contributed by atoms with Crippen LogP contribution < -0.4 is 15.8 Å². The normalized spacial score (nSPS) is 9.95. The van der Waals surface area contributed by atoms with E-state index in [0.29, 0.717) is 43.2 Å². The second-order valence-electron chi connectivity index (χ2n) is 3.97. The summed E-state index contributed by atoms with van der Waals surface area (Å²) in [5.41, 5.74) is 6.91. The number of benzene rings is 1. The van der Waals surface area contributed by atoms with Gasteiger partial charge in [0.05, 0.1) is 19.4 Å². The number of rotatable bonds is 8. The summed E-state index contributed by atoms with van der Waals surface area (Å²) >= 11 is 0. The van der Waals surface area contributed by atoms with E-state index in [1.54, 1.807) is 31.4 Å². The maximum atomic E-state index is 11.7. The Balaban J connectivity index is 2.35. The fourth-order valence-electron chi connectivity index (χ4n) is 1.54. The van der Waals surface area contributed by atoms with Crippen molar-refractivity contribution in [3.05, 3.63) is 30.9 Å². The summed E-state index contributed by atoms with van der Waals surface area (Å²) in [5.74, 6) is 0.530. The second kappa shape index (κ2) is 8.16. The van der Waals surface area contributed by atoms with E-state index in [0.717, 1.165) is 0 Å². The first kappa shape index (κ1) is 15.0. The minimum atomic E-state index is -0.0632. The van der Waals surface area contributed by atoms with Crippen molar-refractivity contribution in [2.24, 2.45) is 0 Å². The molecule has 0 aliphatic carbocycles. The van der Waals surface area contributed by atoms with Crippen LogP contribution in [0.3, 0.4) is 0 Å². The van der Waals surface area contributed by atoms with E-state index < -0.39 is 0 Å². The highest BCUT2D eigenvalue weighted by Gasteiger charge is 2.05. The van der Waals surface area contributed by atoms with Gasteiger partial charge in [-0.3, -0.25) is 4.79 Å². The first-order chi connectivity index (χ1) is 9.17. The van der Waals surface area contributed by atoms with Crippen molar-refractivity contribution in [3.8, 4) is 5.75 Å². The third-order valence-electron chi connectivity index (χ3n) is 2.44. The Morgan fingerprint density at radius 2 is 2.32 bits per heavy atom. The van der Waals surface area contributed by atoms with Gasteiger partial charge in [-0.1, -0.05) is 6.08 Å². The zero-order chi connectivity index (χ0) is 14.1. The SMILES string of the molecule is C=CCOCCCC(=O)Nc1ccc(OC)c(N)c1. The summed E-state index contributed by atoms with van der Waals surface area (Å²) in [7, 11) is 1.55.